The van der Waals surface area contributed by atoms with Gasteiger partial charge in [-0.1, -0.05) is 27.2 Å². The standard InChI is InChI=1S/C11H22O/c1-4-11(9(2)3)7-5-10(12)6-8-11/h9-10,12H,4-8H2,1-3H3. The highest BCUT2D eigenvalue weighted by Crippen LogP contribution is 2.44. The molecule has 0 unspecified atom stereocenters. The summed E-state index contributed by atoms with van der Waals surface area (Å²) >= 11 is 0. The van der Waals surface area contributed by atoms with Crippen LogP contribution >= 0.6 is 0 Å². The maximum absolute atomic E-state index is 9.42. The second-order valence-corrected chi connectivity index (χ2v) is 4.60. The first-order valence-electron chi connectivity index (χ1n) is 5.29. The van der Waals surface area contributed by atoms with Crippen molar-refractivity contribution < 1.29 is 5.11 Å². The van der Waals surface area contributed by atoms with Crippen molar-refractivity contribution in [2.24, 2.45) is 11.3 Å². The fourth-order valence-electron chi connectivity index (χ4n) is 2.52. The Morgan fingerprint density at radius 1 is 1.33 bits per heavy atom. The Labute approximate surface area is 76.2 Å². The van der Waals surface area contributed by atoms with Gasteiger partial charge in [-0.15, -0.1) is 0 Å². The van der Waals surface area contributed by atoms with Crippen molar-refractivity contribution in [1.29, 1.82) is 0 Å². The molecule has 0 heterocycles. The summed E-state index contributed by atoms with van der Waals surface area (Å²) in [5.74, 6) is 0.773. The molecule has 1 heteroatoms. The molecule has 0 atom stereocenters. The van der Waals surface area contributed by atoms with Crippen molar-refractivity contribution in [2.45, 2.75) is 59.0 Å². The zero-order valence-electron chi connectivity index (χ0n) is 8.64. The molecule has 0 bridgehead atoms. The van der Waals surface area contributed by atoms with Gasteiger partial charge in [0.25, 0.3) is 0 Å². The summed E-state index contributed by atoms with van der Waals surface area (Å²) in [7, 11) is 0. The molecule has 1 rings (SSSR count). The van der Waals surface area contributed by atoms with Gasteiger partial charge >= 0.3 is 0 Å². The van der Waals surface area contributed by atoms with Gasteiger partial charge in [-0.3, -0.25) is 0 Å². The molecule has 0 aliphatic heterocycles. The zero-order valence-corrected chi connectivity index (χ0v) is 8.64. The third-order valence-electron chi connectivity index (χ3n) is 3.88. The second kappa shape index (κ2) is 3.78. The molecule has 1 aliphatic carbocycles. The minimum Gasteiger partial charge on any atom is -0.393 e. The fraction of sp³-hybridized carbons (Fsp3) is 1.00. The summed E-state index contributed by atoms with van der Waals surface area (Å²) in [4.78, 5) is 0. The summed E-state index contributed by atoms with van der Waals surface area (Å²) in [6.07, 6.45) is 5.75. The van der Waals surface area contributed by atoms with Crippen LogP contribution in [0, 0.1) is 11.3 Å². The minimum absolute atomic E-state index is 0.0107. The van der Waals surface area contributed by atoms with Crippen molar-refractivity contribution in [1.82, 2.24) is 0 Å². The summed E-state index contributed by atoms with van der Waals surface area (Å²) in [5.41, 5.74) is 0.541. The molecule has 0 aromatic heterocycles. The molecule has 1 saturated carbocycles. The molecule has 0 aromatic rings. The third kappa shape index (κ3) is 1.82. The Bertz CT molecular complexity index is 132. The van der Waals surface area contributed by atoms with Gasteiger partial charge in [0.2, 0.25) is 0 Å². The molecule has 1 N–H and O–H groups in total. The highest BCUT2D eigenvalue weighted by molar-refractivity contribution is 4.86. The Morgan fingerprint density at radius 3 is 2.17 bits per heavy atom. The highest BCUT2D eigenvalue weighted by Gasteiger charge is 2.35. The van der Waals surface area contributed by atoms with E-state index >= 15 is 0 Å². The van der Waals surface area contributed by atoms with Crippen LogP contribution < -0.4 is 0 Å². The van der Waals surface area contributed by atoms with Gasteiger partial charge in [-0.05, 0) is 37.0 Å². The van der Waals surface area contributed by atoms with Crippen LogP contribution in [0.1, 0.15) is 52.9 Å². The van der Waals surface area contributed by atoms with Crippen LogP contribution in [-0.4, -0.2) is 11.2 Å². The molecule has 0 aromatic carbocycles. The van der Waals surface area contributed by atoms with Crippen molar-refractivity contribution in [3.8, 4) is 0 Å². The predicted molar refractivity (Wildman–Crippen MR) is 52.0 cm³/mol. The van der Waals surface area contributed by atoms with Crippen LogP contribution in [0.2, 0.25) is 0 Å². The Morgan fingerprint density at radius 2 is 1.83 bits per heavy atom. The monoisotopic (exact) mass is 170 g/mol. The Hall–Kier alpha value is -0.0400. The number of rotatable bonds is 2. The molecule has 12 heavy (non-hydrogen) atoms. The van der Waals surface area contributed by atoms with Crippen molar-refractivity contribution >= 4 is 0 Å². The van der Waals surface area contributed by atoms with Crippen LogP contribution in [-0.2, 0) is 0 Å². The topological polar surface area (TPSA) is 20.2 Å². The van der Waals surface area contributed by atoms with Gasteiger partial charge in [0.05, 0.1) is 6.10 Å². The average molecular weight is 170 g/mol. The van der Waals surface area contributed by atoms with E-state index in [0.717, 1.165) is 18.8 Å². The maximum atomic E-state index is 9.42. The summed E-state index contributed by atoms with van der Waals surface area (Å²) in [5, 5.41) is 9.42. The lowest BCUT2D eigenvalue weighted by molar-refractivity contribution is 0.0319. The molecule has 0 spiro atoms. The Kier molecular flexibility index (Phi) is 3.16. The predicted octanol–water partition coefficient (Wildman–Crippen LogP) is 2.97. The quantitative estimate of drug-likeness (QED) is 0.675. The molecular weight excluding hydrogens is 148 g/mol. The van der Waals surface area contributed by atoms with Crippen LogP contribution in [0.3, 0.4) is 0 Å². The molecule has 0 amide bonds. The SMILES string of the molecule is CCC1(C(C)C)CCC(O)CC1. The lowest BCUT2D eigenvalue weighted by atomic mass is 9.65. The molecule has 0 radical (unpaired) electrons. The lowest BCUT2D eigenvalue weighted by Crippen LogP contribution is -2.33. The van der Waals surface area contributed by atoms with Crippen molar-refractivity contribution in [2.75, 3.05) is 0 Å². The van der Waals surface area contributed by atoms with E-state index in [1.54, 1.807) is 0 Å². The van der Waals surface area contributed by atoms with Crippen LogP contribution in [0.25, 0.3) is 0 Å². The third-order valence-corrected chi connectivity index (χ3v) is 3.88. The zero-order chi connectivity index (χ0) is 9.19. The summed E-state index contributed by atoms with van der Waals surface area (Å²) in [6, 6.07) is 0. The number of aliphatic hydroxyl groups excluding tert-OH is 1. The van der Waals surface area contributed by atoms with Crippen LogP contribution in [0.5, 0.6) is 0 Å². The largest absolute Gasteiger partial charge is 0.393 e. The molecule has 1 fully saturated rings. The lowest BCUT2D eigenvalue weighted by Gasteiger charge is -2.41. The van der Waals surface area contributed by atoms with E-state index in [1.807, 2.05) is 0 Å². The number of hydrogen-bond acceptors (Lipinski definition) is 1. The van der Waals surface area contributed by atoms with E-state index in [9.17, 15) is 5.11 Å². The molecule has 1 aliphatic rings. The maximum Gasteiger partial charge on any atom is 0.0540 e. The van der Waals surface area contributed by atoms with E-state index in [4.69, 9.17) is 0 Å². The molecule has 1 nitrogen and oxygen atoms in total. The smallest absolute Gasteiger partial charge is 0.0540 e. The van der Waals surface area contributed by atoms with Crippen LogP contribution in [0.4, 0.5) is 0 Å². The van der Waals surface area contributed by atoms with E-state index in [0.29, 0.717) is 5.41 Å². The summed E-state index contributed by atoms with van der Waals surface area (Å²) in [6.45, 7) is 6.93. The van der Waals surface area contributed by atoms with Gasteiger partial charge < -0.3 is 5.11 Å². The number of hydrogen-bond donors (Lipinski definition) is 1. The first-order chi connectivity index (χ1) is 5.60. The van der Waals surface area contributed by atoms with E-state index < -0.39 is 0 Å². The second-order valence-electron chi connectivity index (χ2n) is 4.60. The fourth-order valence-corrected chi connectivity index (χ4v) is 2.52. The first kappa shape index (κ1) is 10.0. The van der Waals surface area contributed by atoms with Gasteiger partial charge in [-0.2, -0.15) is 0 Å². The van der Waals surface area contributed by atoms with Crippen molar-refractivity contribution in [3.05, 3.63) is 0 Å². The first-order valence-corrected chi connectivity index (χ1v) is 5.29. The van der Waals surface area contributed by atoms with E-state index in [2.05, 4.69) is 20.8 Å². The van der Waals surface area contributed by atoms with Crippen molar-refractivity contribution in [3.63, 3.8) is 0 Å². The van der Waals surface area contributed by atoms with Gasteiger partial charge in [0, 0.05) is 0 Å². The molecule has 0 saturated heterocycles. The van der Waals surface area contributed by atoms with E-state index in [1.165, 1.54) is 19.3 Å². The number of aliphatic hydroxyl groups is 1. The van der Waals surface area contributed by atoms with Gasteiger partial charge in [0.1, 0.15) is 0 Å². The van der Waals surface area contributed by atoms with E-state index in [-0.39, 0.29) is 6.10 Å². The minimum atomic E-state index is -0.0107. The molecular formula is C11H22O. The van der Waals surface area contributed by atoms with Gasteiger partial charge in [0.15, 0.2) is 0 Å². The highest BCUT2D eigenvalue weighted by atomic mass is 16.3. The average Bonchev–Trinajstić information content (AvgIpc) is 2.06. The normalized spacial score (nSPS) is 37.2. The van der Waals surface area contributed by atoms with Crippen LogP contribution in [0.15, 0.2) is 0 Å². The Balaban J connectivity index is 2.57. The summed E-state index contributed by atoms with van der Waals surface area (Å²) < 4.78 is 0. The molecule has 72 valence electrons. The van der Waals surface area contributed by atoms with Gasteiger partial charge in [-0.25, -0.2) is 0 Å².